The highest BCUT2D eigenvalue weighted by molar-refractivity contribution is 7.91. The Morgan fingerprint density at radius 2 is 2.29 bits per heavy atom. The third-order valence-electron chi connectivity index (χ3n) is 3.03. The fourth-order valence-corrected chi connectivity index (χ4v) is 3.76. The van der Waals surface area contributed by atoms with Crippen molar-refractivity contribution < 1.29 is 13.2 Å². The number of aromatic nitrogens is 2. The molecule has 1 aromatic heterocycles. The first kappa shape index (κ1) is 12.1. The van der Waals surface area contributed by atoms with Crippen molar-refractivity contribution in [3.8, 4) is 0 Å². The molecule has 1 aliphatic heterocycles. The van der Waals surface area contributed by atoms with E-state index in [1.165, 1.54) is 11.1 Å². The summed E-state index contributed by atoms with van der Waals surface area (Å²) < 4.78 is 24.3. The number of amides is 1. The molecule has 1 unspecified atom stereocenters. The van der Waals surface area contributed by atoms with E-state index in [2.05, 4.69) is 5.10 Å². The Hall–Kier alpha value is -1.37. The average Bonchev–Trinajstić information content (AvgIpc) is 2.82. The second-order valence-corrected chi connectivity index (χ2v) is 6.60. The summed E-state index contributed by atoms with van der Waals surface area (Å²) in [6.45, 7) is 0. The lowest BCUT2D eigenvalue weighted by molar-refractivity contribution is 0.0747. The molecule has 1 aliphatic rings. The third kappa shape index (κ3) is 2.49. The number of rotatable bonds is 2. The molecule has 1 amide bonds. The second kappa shape index (κ2) is 4.14. The van der Waals surface area contributed by atoms with E-state index in [1.807, 2.05) is 0 Å². The summed E-state index contributed by atoms with van der Waals surface area (Å²) in [4.78, 5) is 13.5. The minimum atomic E-state index is -2.97. The van der Waals surface area contributed by atoms with E-state index in [0.29, 0.717) is 12.0 Å². The van der Waals surface area contributed by atoms with Gasteiger partial charge in [-0.05, 0) is 6.42 Å². The molecule has 0 saturated carbocycles. The van der Waals surface area contributed by atoms with Gasteiger partial charge in [-0.15, -0.1) is 0 Å². The molecule has 1 fully saturated rings. The maximum absolute atomic E-state index is 12.0. The molecule has 0 N–H and O–H groups in total. The van der Waals surface area contributed by atoms with E-state index in [-0.39, 0.29) is 23.5 Å². The molecule has 6 nitrogen and oxygen atoms in total. The highest BCUT2D eigenvalue weighted by Crippen LogP contribution is 2.18. The number of aryl methyl sites for hydroxylation is 1. The summed E-state index contributed by atoms with van der Waals surface area (Å²) in [6.07, 6.45) is 3.63. The van der Waals surface area contributed by atoms with Gasteiger partial charge in [0.25, 0.3) is 5.91 Å². The Morgan fingerprint density at radius 3 is 2.76 bits per heavy atom. The van der Waals surface area contributed by atoms with Crippen LogP contribution in [0.1, 0.15) is 16.8 Å². The Morgan fingerprint density at radius 1 is 1.59 bits per heavy atom. The van der Waals surface area contributed by atoms with Crippen LogP contribution in [0.25, 0.3) is 0 Å². The standard InChI is InChI=1S/C10H15N3O3S/c1-12-6-8(5-11-12)10(14)13(2)9-3-4-17(15,16)7-9/h5-6,9H,3-4,7H2,1-2H3. The van der Waals surface area contributed by atoms with Crippen molar-refractivity contribution in [2.24, 2.45) is 7.05 Å². The fraction of sp³-hybridized carbons (Fsp3) is 0.600. The van der Waals surface area contributed by atoms with Crippen LogP contribution in [0, 0.1) is 0 Å². The van der Waals surface area contributed by atoms with Crippen molar-refractivity contribution in [2.75, 3.05) is 18.6 Å². The maximum atomic E-state index is 12.0. The van der Waals surface area contributed by atoms with Gasteiger partial charge < -0.3 is 4.90 Å². The van der Waals surface area contributed by atoms with Gasteiger partial charge in [-0.1, -0.05) is 0 Å². The molecular weight excluding hydrogens is 242 g/mol. The van der Waals surface area contributed by atoms with Gasteiger partial charge in [0.15, 0.2) is 9.84 Å². The Balaban J connectivity index is 2.11. The average molecular weight is 257 g/mol. The summed E-state index contributed by atoms with van der Waals surface area (Å²) in [7, 11) is 0.407. The molecule has 0 aliphatic carbocycles. The molecule has 17 heavy (non-hydrogen) atoms. The minimum absolute atomic E-state index is 0.0650. The predicted molar refractivity (Wildman–Crippen MR) is 62.4 cm³/mol. The first-order chi connectivity index (χ1) is 7.89. The van der Waals surface area contributed by atoms with Gasteiger partial charge in [0, 0.05) is 26.3 Å². The lowest BCUT2D eigenvalue weighted by atomic mass is 10.2. The summed E-state index contributed by atoms with van der Waals surface area (Å²) >= 11 is 0. The molecule has 94 valence electrons. The van der Waals surface area contributed by atoms with Crippen molar-refractivity contribution in [1.82, 2.24) is 14.7 Å². The summed E-state index contributed by atoms with van der Waals surface area (Å²) in [6, 6.07) is -0.215. The third-order valence-corrected chi connectivity index (χ3v) is 4.78. The highest BCUT2D eigenvalue weighted by Gasteiger charge is 2.33. The molecule has 1 atom stereocenters. The Kier molecular flexibility index (Phi) is 2.94. The van der Waals surface area contributed by atoms with Gasteiger partial charge in [0.1, 0.15) is 0 Å². The number of carbonyl (C=O) groups is 1. The molecule has 2 rings (SSSR count). The van der Waals surface area contributed by atoms with Crippen molar-refractivity contribution in [3.05, 3.63) is 18.0 Å². The fourth-order valence-electron chi connectivity index (χ4n) is 1.98. The normalized spacial score (nSPS) is 22.6. The zero-order valence-electron chi connectivity index (χ0n) is 9.83. The minimum Gasteiger partial charge on any atom is -0.338 e. The summed E-state index contributed by atoms with van der Waals surface area (Å²) in [5.74, 6) is 0.0536. The van der Waals surface area contributed by atoms with E-state index < -0.39 is 9.84 Å². The van der Waals surface area contributed by atoms with Crippen LogP contribution >= 0.6 is 0 Å². The maximum Gasteiger partial charge on any atom is 0.257 e. The van der Waals surface area contributed by atoms with Crippen LogP contribution in [0.3, 0.4) is 0 Å². The van der Waals surface area contributed by atoms with E-state index in [1.54, 1.807) is 25.0 Å². The lowest BCUT2D eigenvalue weighted by Crippen LogP contribution is -2.37. The van der Waals surface area contributed by atoms with Crippen molar-refractivity contribution >= 4 is 15.7 Å². The van der Waals surface area contributed by atoms with Crippen LogP contribution in [-0.4, -0.2) is 53.6 Å². The topological polar surface area (TPSA) is 72.3 Å². The number of nitrogens with zero attached hydrogens (tertiary/aromatic N) is 3. The molecule has 1 saturated heterocycles. The van der Waals surface area contributed by atoms with Gasteiger partial charge in [-0.2, -0.15) is 5.10 Å². The number of sulfone groups is 1. The van der Waals surface area contributed by atoms with Crippen LogP contribution in [0.4, 0.5) is 0 Å². The monoisotopic (exact) mass is 257 g/mol. The van der Waals surface area contributed by atoms with E-state index in [9.17, 15) is 13.2 Å². The van der Waals surface area contributed by atoms with Crippen LogP contribution in [0.5, 0.6) is 0 Å². The lowest BCUT2D eigenvalue weighted by Gasteiger charge is -2.22. The summed E-state index contributed by atoms with van der Waals surface area (Å²) in [5, 5.41) is 3.93. The van der Waals surface area contributed by atoms with Crippen LogP contribution < -0.4 is 0 Å². The van der Waals surface area contributed by atoms with E-state index in [4.69, 9.17) is 0 Å². The largest absolute Gasteiger partial charge is 0.338 e. The first-order valence-corrected chi connectivity index (χ1v) is 7.17. The van der Waals surface area contributed by atoms with E-state index in [0.717, 1.165) is 0 Å². The van der Waals surface area contributed by atoms with Crippen molar-refractivity contribution in [3.63, 3.8) is 0 Å². The van der Waals surface area contributed by atoms with E-state index >= 15 is 0 Å². The smallest absolute Gasteiger partial charge is 0.257 e. The molecule has 2 heterocycles. The number of carbonyl (C=O) groups excluding carboxylic acids is 1. The first-order valence-electron chi connectivity index (χ1n) is 5.35. The predicted octanol–water partition coefficient (Wildman–Crippen LogP) is -0.321. The van der Waals surface area contributed by atoms with Crippen molar-refractivity contribution in [1.29, 1.82) is 0 Å². The zero-order chi connectivity index (χ0) is 12.6. The van der Waals surface area contributed by atoms with Crippen molar-refractivity contribution in [2.45, 2.75) is 12.5 Å². The molecular formula is C10H15N3O3S. The van der Waals surface area contributed by atoms with Gasteiger partial charge >= 0.3 is 0 Å². The Bertz CT molecular complexity index is 535. The van der Waals surface area contributed by atoms with Crippen LogP contribution in [0.2, 0.25) is 0 Å². The van der Waals surface area contributed by atoms with Gasteiger partial charge in [0.05, 0.1) is 23.3 Å². The van der Waals surface area contributed by atoms with Gasteiger partial charge in [-0.25, -0.2) is 8.42 Å². The molecule has 1 aromatic rings. The molecule has 0 spiro atoms. The van der Waals surface area contributed by atoms with Gasteiger partial charge in [0.2, 0.25) is 0 Å². The Labute approximate surface area is 100 Å². The molecule has 0 bridgehead atoms. The number of hydrogen-bond acceptors (Lipinski definition) is 4. The zero-order valence-corrected chi connectivity index (χ0v) is 10.6. The SMILES string of the molecule is CN(C(=O)c1cnn(C)c1)C1CCS(=O)(=O)C1. The second-order valence-electron chi connectivity index (χ2n) is 4.38. The summed E-state index contributed by atoms with van der Waals surface area (Å²) in [5.41, 5.74) is 0.485. The van der Waals surface area contributed by atoms with Crippen LogP contribution in [-0.2, 0) is 16.9 Å². The quantitative estimate of drug-likeness (QED) is 0.728. The molecule has 0 aromatic carbocycles. The molecule has 0 radical (unpaired) electrons. The van der Waals surface area contributed by atoms with Gasteiger partial charge in [-0.3, -0.25) is 9.48 Å². The van der Waals surface area contributed by atoms with Crippen LogP contribution in [0.15, 0.2) is 12.4 Å². The molecule has 7 heteroatoms. The number of hydrogen-bond donors (Lipinski definition) is 0. The highest BCUT2D eigenvalue weighted by atomic mass is 32.2.